The number of rotatable bonds is 6. The van der Waals surface area contributed by atoms with Gasteiger partial charge in [-0.15, -0.1) is 0 Å². The predicted molar refractivity (Wildman–Crippen MR) is 76.4 cm³/mol. The van der Waals surface area contributed by atoms with Crippen molar-refractivity contribution in [2.24, 2.45) is 0 Å². The van der Waals surface area contributed by atoms with Crippen LogP contribution in [0, 0.1) is 0 Å². The van der Waals surface area contributed by atoms with Gasteiger partial charge in [-0.3, -0.25) is 14.5 Å². The largest absolute Gasteiger partial charge is 0.480 e. The number of allylic oxidation sites excluding steroid dienone is 1. The molecular weight excluding hydrogens is 256 g/mol. The van der Waals surface area contributed by atoms with E-state index in [4.69, 9.17) is 0 Å². The highest BCUT2D eigenvalue weighted by Crippen LogP contribution is 2.37. The average Bonchev–Trinajstić information content (AvgIpc) is 3.12. The first-order valence-electron chi connectivity index (χ1n) is 7.42. The molecule has 2 rings (SSSR count). The number of aliphatic carboxylic acids is 1. The summed E-state index contributed by atoms with van der Waals surface area (Å²) in [5.41, 5.74) is 1.24. The van der Waals surface area contributed by atoms with Crippen molar-refractivity contribution in [1.29, 1.82) is 0 Å². The van der Waals surface area contributed by atoms with Crippen molar-refractivity contribution in [2.75, 3.05) is 6.54 Å². The number of carbonyl (C=O) groups excluding carboxylic acids is 1. The minimum absolute atomic E-state index is 0.0113. The standard InChI is InChI=1S/C15H24N2O3/c1-10(2)4-3-9-16-14(18)12-7-8-13(15(19)20)17(12)11-5-6-11/h4,11-13H,3,5-9H2,1-2H3,(H,16,18)(H,19,20). The van der Waals surface area contributed by atoms with Crippen molar-refractivity contribution < 1.29 is 14.7 Å². The van der Waals surface area contributed by atoms with Crippen LogP contribution in [0.3, 0.4) is 0 Å². The summed E-state index contributed by atoms with van der Waals surface area (Å²) >= 11 is 0. The Hall–Kier alpha value is -1.36. The summed E-state index contributed by atoms with van der Waals surface area (Å²) in [5, 5.41) is 12.2. The second-order valence-electron chi connectivity index (χ2n) is 5.99. The zero-order valence-electron chi connectivity index (χ0n) is 12.3. The number of nitrogens with one attached hydrogen (secondary N) is 1. The van der Waals surface area contributed by atoms with E-state index < -0.39 is 12.0 Å². The number of amides is 1. The van der Waals surface area contributed by atoms with Crippen LogP contribution in [0.2, 0.25) is 0 Å². The van der Waals surface area contributed by atoms with Gasteiger partial charge in [-0.2, -0.15) is 0 Å². The first kappa shape index (κ1) is 15.0. The molecule has 0 aromatic heterocycles. The summed E-state index contributed by atoms with van der Waals surface area (Å²) in [6, 6.07) is -0.432. The molecule has 5 nitrogen and oxygen atoms in total. The van der Waals surface area contributed by atoms with Gasteiger partial charge >= 0.3 is 5.97 Å². The summed E-state index contributed by atoms with van der Waals surface area (Å²) in [5.74, 6) is -0.806. The van der Waals surface area contributed by atoms with E-state index in [1.807, 2.05) is 18.7 Å². The minimum Gasteiger partial charge on any atom is -0.480 e. The van der Waals surface area contributed by atoms with Crippen molar-refractivity contribution in [1.82, 2.24) is 10.2 Å². The van der Waals surface area contributed by atoms with E-state index in [1.165, 1.54) is 5.57 Å². The number of likely N-dealkylation sites (tertiary alicyclic amines) is 1. The molecule has 1 aliphatic carbocycles. The Morgan fingerprint density at radius 2 is 1.85 bits per heavy atom. The maximum absolute atomic E-state index is 12.2. The van der Waals surface area contributed by atoms with Crippen molar-refractivity contribution in [3.05, 3.63) is 11.6 Å². The molecule has 0 aromatic rings. The second kappa shape index (κ2) is 6.39. The Labute approximate surface area is 120 Å². The molecule has 0 radical (unpaired) electrons. The van der Waals surface area contributed by atoms with Gasteiger partial charge in [-0.1, -0.05) is 11.6 Å². The first-order chi connectivity index (χ1) is 9.50. The Morgan fingerprint density at radius 3 is 2.40 bits per heavy atom. The number of hydrogen-bond donors (Lipinski definition) is 2. The highest BCUT2D eigenvalue weighted by atomic mass is 16.4. The lowest BCUT2D eigenvalue weighted by Gasteiger charge is -2.27. The van der Waals surface area contributed by atoms with Crippen molar-refractivity contribution in [2.45, 2.75) is 64.1 Å². The van der Waals surface area contributed by atoms with Gasteiger partial charge in [-0.25, -0.2) is 0 Å². The second-order valence-corrected chi connectivity index (χ2v) is 5.99. The van der Waals surface area contributed by atoms with Crippen LogP contribution in [0.4, 0.5) is 0 Å². The van der Waals surface area contributed by atoms with Crippen molar-refractivity contribution in [3.63, 3.8) is 0 Å². The van der Waals surface area contributed by atoms with Crippen LogP contribution < -0.4 is 5.32 Å². The zero-order chi connectivity index (χ0) is 14.7. The molecule has 0 bridgehead atoms. The predicted octanol–water partition coefficient (Wildman–Crippen LogP) is 1.54. The van der Waals surface area contributed by atoms with E-state index in [2.05, 4.69) is 11.4 Å². The molecule has 0 spiro atoms. The fourth-order valence-electron chi connectivity index (χ4n) is 2.90. The summed E-state index contributed by atoms with van der Waals surface area (Å²) in [4.78, 5) is 25.4. The smallest absolute Gasteiger partial charge is 0.320 e. The van der Waals surface area contributed by atoms with Crippen LogP contribution in [-0.2, 0) is 9.59 Å². The lowest BCUT2D eigenvalue weighted by Crippen LogP contribution is -2.49. The Morgan fingerprint density at radius 1 is 1.20 bits per heavy atom. The Bertz CT molecular complexity index is 411. The molecule has 2 fully saturated rings. The fourth-order valence-corrected chi connectivity index (χ4v) is 2.90. The summed E-state index contributed by atoms with van der Waals surface area (Å²) in [7, 11) is 0. The van der Waals surface area contributed by atoms with Crippen LogP contribution in [0.25, 0.3) is 0 Å². The first-order valence-corrected chi connectivity index (χ1v) is 7.42. The Balaban J connectivity index is 1.88. The highest BCUT2D eigenvalue weighted by molar-refractivity contribution is 5.84. The molecule has 2 atom stereocenters. The van der Waals surface area contributed by atoms with Crippen LogP contribution in [0.15, 0.2) is 11.6 Å². The molecule has 2 N–H and O–H groups in total. The topological polar surface area (TPSA) is 69.6 Å². The number of hydrogen-bond acceptors (Lipinski definition) is 3. The summed E-state index contributed by atoms with van der Waals surface area (Å²) < 4.78 is 0. The molecule has 112 valence electrons. The number of nitrogens with zero attached hydrogens (tertiary/aromatic N) is 1. The molecule has 20 heavy (non-hydrogen) atoms. The molecule has 1 aliphatic heterocycles. The zero-order valence-corrected chi connectivity index (χ0v) is 12.3. The maximum Gasteiger partial charge on any atom is 0.320 e. The minimum atomic E-state index is -0.795. The maximum atomic E-state index is 12.2. The molecule has 1 saturated carbocycles. The number of carbonyl (C=O) groups is 2. The van der Waals surface area contributed by atoms with E-state index >= 15 is 0 Å². The van der Waals surface area contributed by atoms with Crippen molar-refractivity contribution in [3.8, 4) is 0 Å². The van der Waals surface area contributed by atoms with Gasteiger partial charge in [0.25, 0.3) is 0 Å². The molecular formula is C15H24N2O3. The average molecular weight is 280 g/mol. The molecule has 0 aromatic carbocycles. The van der Waals surface area contributed by atoms with Gasteiger partial charge in [0.15, 0.2) is 0 Å². The van der Waals surface area contributed by atoms with Gasteiger partial charge < -0.3 is 10.4 Å². The third-order valence-electron chi connectivity index (χ3n) is 3.99. The molecule has 1 saturated heterocycles. The van der Waals surface area contributed by atoms with E-state index in [0.29, 0.717) is 25.4 Å². The lowest BCUT2D eigenvalue weighted by molar-refractivity contribution is -0.143. The quantitative estimate of drug-likeness (QED) is 0.572. The van der Waals surface area contributed by atoms with Gasteiger partial charge in [-0.05, 0) is 46.0 Å². The summed E-state index contributed by atoms with van der Waals surface area (Å²) in [6.45, 7) is 4.69. The third kappa shape index (κ3) is 3.60. The van der Waals surface area contributed by atoms with Gasteiger partial charge in [0.1, 0.15) is 6.04 Å². The van der Waals surface area contributed by atoms with Gasteiger partial charge in [0.05, 0.1) is 6.04 Å². The molecule has 1 amide bonds. The van der Waals surface area contributed by atoms with Crippen LogP contribution in [-0.4, -0.2) is 46.6 Å². The van der Waals surface area contributed by atoms with Crippen LogP contribution >= 0.6 is 0 Å². The number of carboxylic acid groups (broad SMARTS) is 1. The summed E-state index contributed by atoms with van der Waals surface area (Å²) in [6.07, 6.45) is 6.19. The lowest BCUT2D eigenvalue weighted by atomic mass is 10.2. The number of carboxylic acids is 1. The third-order valence-corrected chi connectivity index (χ3v) is 3.99. The molecule has 2 aliphatic rings. The van der Waals surface area contributed by atoms with Crippen molar-refractivity contribution >= 4 is 11.9 Å². The van der Waals surface area contributed by atoms with E-state index in [9.17, 15) is 14.7 Å². The molecule has 2 unspecified atom stereocenters. The van der Waals surface area contributed by atoms with Gasteiger partial charge in [0, 0.05) is 12.6 Å². The van der Waals surface area contributed by atoms with E-state index in [1.54, 1.807) is 0 Å². The van der Waals surface area contributed by atoms with Gasteiger partial charge in [0.2, 0.25) is 5.91 Å². The normalized spacial score (nSPS) is 26.3. The van der Waals surface area contributed by atoms with Crippen LogP contribution in [0.5, 0.6) is 0 Å². The highest BCUT2D eigenvalue weighted by Gasteiger charge is 2.48. The monoisotopic (exact) mass is 280 g/mol. The van der Waals surface area contributed by atoms with E-state index in [0.717, 1.165) is 19.3 Å². The SMILES string of the molecule is CC(C)=CCCNC(=O)C1CCC(C(=O)O)N1C1CC1. The fraction of sp³-hybridized carbons (Fsp3) is 0.733. The molecule has 1 heterocycles. The van der Waals surface area contributed by atoms with E-state index in [-0.39, 0.29) is 11.9 Å². The Kier molecular flexibility index (Phi) is 4.81. The molecule has 5 heteroatoms. The van der Waals surface area contributed by atoms with Crippen LogP contribution in [0.1, 0.15) is 46.0 Å².